The monoisotopic (exact) mass is 403 g/mol. The lowest BCUT2D eigenvalue weighted by molar-refractivity contribution is 0.408. The highest BCUT2D eigenvalue weighted by Gasteiger charge is 2.17. The molecule has 30 heavy (non-hydrogen) atoms. The van der Waals surface area contributed by atoms with Crippen LogP contribution >= 0.6 is 0 Å². The number of ether oxygens (including phenoxy) is 1. The highest BCUT2D eigenvalue weighted by Crippen LogP contribution is 2.25. The van der Waals surface area contributed by atoms with Crippen LogP contribution in [0.3, 0.4) is 0 Å². The quantitative estimate of drug-likeness (QED) is 0.404. The van der Waals surface area contributed by atoms with E-state index in [0.29, 0.717) is 34.8 Å². The summed E-state index contributed by atoms with van der Waals surface area (Å²) in [5, 5.41) is 2.43. The van der Waals surface area contributed by atoms with Gasteiger partial charge in [0.25, 0.3) is 0 Å². The average Bonchev–Trinajstić information content (AvgIpc) is 3.10. The molecule has 2 aromatic heterocycles. The lowest BCUT2D eigenvalue weighted by Crippen LogP contribution is -2.18. The van der Waals surface area contributed by atoms with Gasteiger partial charge in [-0.3, -0.25) is 9.36 Å². The number of nitrogens with two attached hydrogens (primary N) is 1. The molecule has 0 aliphatic rings. The Hall–Kier alpha value is -3.98. The number of aromatic amines is 1. The van der Waals surface area contributed by atoms with Crippen LogP contribution in [0.25, 0.3) is 22.6 Å². The molecule has 0 spiro atoms. The van der Waals surface area contributed by atoms with E-state index in [1.807, 2.05) is 48.5 Å². The molecule has 1 amide bonds. The summed E-state index contributed by atoms with van der Waals surface area (Å²) in [4.78, 5) is 35.4. The van der Waals surface area contributed by atoms with E-state index < -0.39 is 0 Å². The number of para-hydroxylation sites is 1. The standard InChI is InChI=1S/C21H19N6O3/c1-30-16-8-3-2-6-15(16)11-27-20-17(24-21(27)29)19(23-12-28)25-18(26-20)14-7-4-5-13(9-14)10-22/h2-9H,10-11,22H2,1H3,(H,24,29)(H,23,25,26,28). The Kier molecular flexibility index (Phi) is 5.27. The van der Waals surface area contributed by atoms with Crippen molar-refractivity contribution in [2.45, 2.75) is 13.1 Å². The normalized spacial score (nSPS) is 10.9. The summed E-state index contributed by atoms with van der Waals surface area (Å²) in [6.45, 7) is 0.596. The number of nitrogens with one attached hydrogen (secondary N) is 2. The number of amides is 1. The summed E-state index contributed by atoms with van der Waals surface area (Å²) in [5.74, 6) is 1.17. The molecule has 0 saturated carbocycles. The summed E-state index contributed by atoms with van der Waals surface area (Å²) in [5.41, 5.74) is 8.46. The van der Waals surface area contributed by atoms with Crippen molar-refractivity contribution in [1.82, 2.24) is 19.5 Å². The number of fused-ring (bicyclic) bond motifs is 1. The van der Waals surface area contributed by atoms with Gasteiger partial charge in [0.05, 0.1) is 13.7 Å². The molecule has 9 heteroatoms. The number of carbonyl (C=O) groups excluding carboxylic acids is 1. The van der Waals surface area contributed by atoms with E-state index in [4.69, 9.17) is 10.5 Å². The van der Waals surface area contributed by atoms with Gasteiger partial charge in [0.1, 0.15) is 11.3 Å². The Balaban J connectivity index is 1.91. The smallest absolute Gasteiger partial charge is 0.328 e. The van der Waals surface area contributed by atoms with Crippen molar-refractivity contribution < 1.29 is 9.53 Å². The molecule has 0 bridgehead atoms. The second-order valence-electron chi connectivity index (χ2n) is 6.55. The zero-order valence-electron chi connectivity index (χ0n) is 16.2. The molecular formula is C21H19N6O3. The van der Waals surface area contributed by atoms with E-state index in [1.165, 1.54) is 4.57 Å². The third-order valence-electron chi connectivity index (χ3n) is 4.73. The van der Waals surface area contributed by atoms with Gasteiger partial charge in [-0.1, -0.05) is 36.4 Å². The summed E-state index contributed by atoms with van der Waals surface area (Å²) in [6, 6.07) is 14.9. The molecule has 0 unspecified atom stereocenters. The third kappa shape index (κ3) is 3.53. The van der Waals surface area contributed by atoms with Gasteiger partial charge in [-0.05, 0) is 17.7 Å². The van der Waals surface area contributed by atoms with Crippen LogP contribution in [0, 0.1) is 0 Å². The maximum Gasteiger partial charge on any atom is 0.328 e. The van der Waals surface area contributed by atoms with Crippen LogP contribution in [-0.4, -0.2) is 33.0 Å². The van der Waals surface area contributed by atoms with Gasteiger partial charge in [0.2, 0.25) is 0 Å². The molecule has 9 nitrogen and oxygen atoms in total. The van der Waals surface area contributed by atoms with Crippen LogP contribution in [-0.2, 0) is 17.9 Å². The van der Waals surface area contributed by atoms with Crippen LogP contribution in [0.1, 0.15) is 11.1 Å². The van der Waals surface area contributed by atoms with Crippen molar-refractivity contribution in [2.24, 2.45) is 5.73 Å². The lowest BCUT2D eigenvalue weighted by Gasteiger charge is -2.10. The fourth-order valence-electron chi connectivity index (χ4n) is 3.29. The highest BCUT2D eigenvalue weighted by atomic mass is 16.5. The van der Waals surface area contributed by atoms with Crippen molar-refractivity contribution in [3.63, 3.8) is 0 Å². The number of imidazole rings is 1. The molecular weight excluding hydrogens is 384 g/mol. The van der Waals surface area contributed by atoms with Crippen molar-refractivity contribution >= 4 is 23.4 Å². The number of nitrogens with zero attached hydrogens (tertiary/aromatic N) is 3. The number of hydrogen-bond donors (Lipinski definition) is 3. The number of H-pyrrole nitrogens is 1. The zero-order chi connectivity index (χ0) is 21.1. The minimum atomic E-state index is -0.382. The predicted octanol–water partition coefficient (Wildman–Crippen LogP) is 1.78. The number of anilines is 1. The predicted molar refractivity (Wildman–Crippen MR) is 113 cm³/mol. The van der Waals surface area contributed by atoms with Crippen molar-refractivity contribution in [3.05, 3.63) is 70.1 Å². The minimum absolute atomic E-state index is 0.166. The van der Waals surface area contributed by atoms with E-state index in [9.17, 15) is 9.59 Å². The van der Waals surface area contributed by atoms with Gasteiger partial charge < -0.3 is 20.8 Å². The van der Waals surface area contributed by atoms with Crippen LogP contribution in [0.15, 0.2) is 53.3 Å². The fraction of sp³-hybridized carbons (Fsp3) is 0.143. The highest BCUT2D eigenvalue weighted by molar-refractivity contribution is 5.90. The second kappa shape index (κ2) is 8.18. The third-order valence-corrected chi connectivity index (χ3v) is 4.73. The molecule has 4 rings (SSSR count). The van der Waals surface area contributed by atoms with Crippen LogP contribution < -0.4 is 21.5 Å². The van der Waals surface area contributed by atoms with Crippen LogP contribution in [0.5, 0.6) is 5.75 Å². The van der Waals surface area contributed by atoms with Gasteiger partial charge in [-0.2, -0.15) is 0 Å². The molecule has 2 aromatic carbocycles. The van der Waals surface area contributed by atoms with E-state index in [0.717, 1.165) is 11.1 Å². The largest absolute Gasteiger partial charge is 0.496 e. The summed E-state index contributed by atoms with van der Waals surface area (Å²) >= 11 is 0. The second-order valence-corrected chi connectivity index (χ2v) is 6.55. The van der Waals surface area contributed by atoms with Crippen LogP contribution in [0.4, 0.5) is 5.82 Å². The lowest BCUT2D eigenvalue weighted by atomic mass is 10.1. The molecule has 0 fully saturated rings. The van der Waals surface area contributed by atoms with Crippen molar-refractivity contribution in [3.8, 4) is 17.1 Å². The number of aromatic nitrogens is 4. The van der Waals surface area contributed by atoms with Gasteiger partial charge >= 0.3 is 12.1 Å². The van der Waals surface area contributed by atoms with Gasteiger partial charge in [-0.15, -0.1) is 0 Å². The van der Waals surface area contributed by atoms with E-state index in [-0.39, 0.29) is 18.1 Å². The molecule has 0 atom stereocenters. The number of benzene rings is 2. The molecule has 4 N–H and O–H groups in total. The molecule has 2 heterocycles. The van der Waals surface area contributed by atoms with Gasteiger partial charge in [-0.25, -0.2) is 14.8 Å². The Bertz CT molecular complexity index is 1280. The van der Waals surface area contributed by atoms with Crippen molar-refractivity contribution in [1.29, 1.82) is 0 Å². The maximum absolute atomic E-state index is 12.7. The molecule has 0 aliphatic heterocycles. The number of rotatable bonds is 7. The first-order valence-electron chi connectivity index (χ1n) is 9.19. The minimum Gasteiger partial charge on any atom is -0.496 e. The topological polar surface area (TPSA) is 128 Å². The molecule has 0 saturated heterocycles. The number of hydrogen-bond acceptors (Lipinski definition) is 6. The number of methoxy groups -OCH3 is 1. The van der Waals surface area contributed by atoms with E-state index in [1.54, 1.807) is 13.5 Å². The first-order valence-corrected chi connectivity index (χ1v) is 9.19. The van der Waals surface area contributed by atoms with Gasteiger partial charge in [0, 0.05) is 17.7 Å². The zero-order valence-corrected chi connectivity index (χ0v) is 16.2. The molecule has 151 valence electrons. The molecule has 1 radical (unpaired) electrons. The Morgan fingerprint density at radius 1 is 1.20 bits per heavy atom. The van der Waals surface area contributed by atoms with Gasteiger partial charge in [0.15, 0.2) is 17.3 Å². The first kappa shape index (κ1) is 19.3. The fourth-order valence-corrected chi connectivity index (χ4v) is 3.29. The maximum atomic E-state index is 12.7. The van der Waals surface area contributed by atoms with E-state index >= 15 is 0 Å². The first-order chi connectivity index (χ1) is 14.6. The average molecular weight is 403 g/mol. The Morgan fingerprint density at radius 3 is 2.80 bits per heavy atom. The summed E-state index contributed by atoms with van der Waals surface area (Å²) < 4.78 is 6.87. The van der Waals surface area contributed by atoms with Crippen LogP contribution in [0.2, 0.25) is 0 Å². The Labute approximate surface area is 171 Å². The Morgan fingerprint density at radius 2 is 2.03 bits per heavy atom. The van der Waals surface area contributed by atoms with Crippen molar-refractivity contribution in [2.75, 3.05) is 12.4 Å². The molecule has 0 aliphatic carbocycles. The SMILES string of the molecule is COc1ccccc1Cn1c(=O)[nH]c2c(N[C]=O)nc(-c3cccc(CN)c3)nc21. The summed E-state index contributed by atoms with van der Waals surface area (Å²) in [6.07, 6.45) is 1.61. The van der Waals surface area contributed by atoms with E-state index in [2.05, 4.69) is 20.3 Å². The molecule has 4 aromatic rings. The summed E-state index contributed by atoms with van der Waals surface area (Å²) in [7, 11) is 1.57.